The van der Waals surface area contributed by atoms with E-state index in [0.29, 0.717) is 11.7 Å². The van der Waals surface area contributed by atoms with Gasteiger partial charge in [0.25, 0.3) is 0 Å². The summed E-state index contributed by atoms with van der Waals surface area (Å²) in [5.41, 5.74) is 0.125. The van der Waals surface area contributed by atoms with E-state index in [0.717, 1.165) is 5.92 Å². The van der Waals surface area contributed by atoms with Crippen LogP contribution >= 0.6 is 0 Å². The second-order valence-electron chi connectivity index (χ2n) is 4.54. The Morgan fingerprint density at radius 1 is 1.33 bits per heavy atom. The van der Waals surface area contributed by atoms with Crippen molar-refractivity contribution in [2.24, 2.45) is 17.3 Å². The molecule has 0 heterocycles. The highest BCUT2D eigenvalue weighted by atomic mass is 16.1. The largest absolute Gasteiger partial charge is 0.294 e. The first-order valence-electron chi connectivity index (χ1n) is 5.07. The van der Waals surface area contributed by atoms with Gasteiger partial charge in [0.15, 0.2) is 5.78 Å². The fraction of sp³-hybridized carbons (Fsp3) is 0.727. The first-order valence-corrected chi connectivity index (χ1v) is 5.07. The van der Waals surface area contributed by atoms with Crippen molar-refractivity contribution < 1.29 is 4.79 Å². The Kier molecular flexibility index (Phi) is 1.15. The van der Waals surface area contributed by atoms with Crippen molar-refractivity contribution >= 4 is 5.78 Å². The summed E-state index contributed by atoms with van der Waals surface area (Å²) in [6.07, 6.45) is 10.4. The lowest BCUT2D eigenvalue weighted by molar-refractivity contribution is -0.124. The fourth-order valence-corrected chi connectivity index (χ4v) is 3.76. The molecule has 1 heteroatoms. The molecule has 0 aromatic carbocycles. The van der Waals surface area contributed by atoms with Crippen molar-refractivity contribution in [3.63, 3.8) is 0 Å². The summed E-state index contributed by atoms with van der Waals surface area (Å²) in [5.74, 6) is 1.81. The molecule has 3 aliphatic carbocycles. The summed E-state index contributed by atoms with van der Waals surface area (Å²) in [6, 6.07) is 0. The van der Waals surface area contributed by atoms with E-state index in [1.807, 2.05) is 6.08 Å². The molecule has 1 nitrogen and oxygen atoms in total. The molecule has 0 unspecified atom stereocenters. The summed E-state index contributed by atoms with van der Waals surface area (Å²) in [4.78, 5) is 11.8. The zero-order valence-electron chi connectivity index (χ0n) is 7.25. The Bertz CT molecular complexity index is 266. The Morgan fingerprint density at radius 2 is 2.25 bits per heavy atom. The van der Waals surface area contributed by atoms with Gasteiger partial charge in [0.05, 0.1) is 0 Å². The molecule has 0 radical (unpaired) electrons. The number of hydrogen-bond donors (Lipinski definition) is 0. The van der Waals surface area contributed by atoms with Crippen LogP contribution in [0, 0.1) is 17.3 Å². The maximum atomic E-state index is 11.8. The van der Waals surface area contributed by atoms with Crippen LogP contribution in [0.4, 0.5) is 0 Å². The summed E-state index contributed by atoms with van der Waals surface area (Å²) in [6.45, 7) is 0. The molecule has 0 bridgehead atoms. The Morgan fingerprint density at radius 3 is 3.17 bits per heavy atom. The number of ketones is 1. The van der Waals surface area contributed by atoms with Gasteiger partial charge in [-0.15, -0.1) is 0 Å². The number of hydrogen-bond acceptors (Lipinski definition) is 1. The lowest BCUT2D eigenvalue weighted by Gasteiger charge is -2.27. The first-order chi connectivity index (χ1) is 5.84. The second-order valence-corrected chi connectivity index (χ2v) is 4.54. The van der Waals surface area contributed by atoms with Gasteiger partial charge in [-0.2, -0.15) is 0 Å². The van der Waals surface area contributed by atoms with Crippen LogP contribution < -0.4 is 0 Å². The number of rotatable bonds is 0. The molecule has 0 aromatic heterocycles. The van der Waals surface area contributed by atoms with Crippen LogP contribution in [0.5, 0.6) is 0 Å². The predicted octanol–water partition coefficient (Wildman–Crippen LogP) is 2.32. The molecule has 0 amide bonds. The number of carbonyl (C=O) groups excluding carboxylic acids is 1. The first kappa shape index (κ1) is 6.88. The van der Waals surface area contributed by atoms with E-state index in [1.54, 1.807) is 0 Å². The van der Waals surface area contributed by atoms with Crippen molar-refractivity contribution in [1.82, 2.24) is 0 Å². The highest BCUT2D eigenvalue weighted by Crippen LogP contribution is 2.60. The van der Waals surface area contributed by atoms with Crippen molar-refractivity contribution in [2.45, 2.75) is 32.1 Å². The quantitative estimate of drug-likeness (QED) is 0.534. The van der Waals surface area contributed by atoms with Crippen molar-refractivity contribution in [3.05, 3.63) is 12.2 Å². The number of carbonyl (C=O) groups is 1. The molecule has 0 saturated heterocycles. The molecule has 0 aliphatic heterocycles. The lowest BCUT2D eigenvalue weighted by Crippen LogP contribution is -2.31. The average Bonchev–Trinajstić information content (AvgIpc) is 2.63. The van der Waals surface area contributed by atoms with Crippen LogP contribution in [-0.2, 0) is 4.79 Å². The molecule has 0 aromatic rings. The minimum absolute atomic E-state index is 0.125. The van der Waals surface area contributed by atoms with E-state index in [4.69, 9.17) is 0 Å². The van der Waals surface area contributed by atoms with Gasteiger partial charge in [0.2, 0.25) is 0 Å². The van der Waals surface area contributed by atoms with E-state index in [9.17, 15) is 4.79 Å². The normalized spacial score (nSPS) is 49.8. The third-order valence-corrected chi connectivity index (χ3v) is 4.30. The molecular weight excluding hydrogens is 148 g/mol. The molecule has 2 fully saturated rings. The smallest absolute Gasteiger partial charge is 0.162 e. The summed E-state index contributed by atoms with van der Waals surface area (Å²) in [7, 11) is 0. The summed E-state index contributed by atoms with van der Waals surface area (Å²) in [5, 5.41) is 0. The zero-order chi connectivity index (χ0) is 8.18. The van der Waals surface area contributed by atoms with Crippen molar-refractivity contribution in [3.8, 4) is 0 Å². The Labute approximate surface area is 72.8 Å². The van der Waals surface area contributed by atoms with Gasteiger partial charge >= 0.3 is 0 Å². The third-order valence-electron chi connectivity index (χ3n) is 4.30. The molecule has 3 aliphatic rings. The van der Waals surface area contributed by atoms with Crippen LogP contribution in [0.3, 0.4) is 0 Å². The second kappa shape index (κ2) is 2.01. The molecule has 12 heavy (non-hydrogen) atoms. The van der Waals surface area contributed by atoms with E-state index in [2.05, 4.69) is 6.08 Å². The molecule has 64 valence electrons. The number of allylic oxidation sites excluding steroid dienone is 2. The molecule has 0 N–H and O–H groups in total. The summed E-state index contributed by atoms with van der Waals surface area (Å²) >= 11 is 0. The van der Waals surface area contributed by atoms with Gasteiger partial charge < -0.3 is 0 Å². The summed E-state index contributed by atoms with van der Waals surface area (Å²) < 4.78 is 0. The van der Waals surface area contributed by atoms with Crippen LogP contribution in [0.15, 0.2) is 12.2 Å². The predicted molar refractivity (Wildman–Crippen MR) is 46.6 cm³/mol. The monoisotopic (exact) mass is 162 g/mol. The van der Waals surface area contributed by atoms with Gasteiger partial charge in [0, 0.05) is 5.41 Å². The lowest BCUT2D eigenvalue weighted by atomic mass is 9.74. The fourth-order valence-electron chi connectivity index (χ4n) is 3.76. The van der Waals surface area contributed by atoms with Crippen LogP contribution in [-0.4, -0.2) is 5.78 Å². The van der Waals surface area contributed by atoms with Gasteiger partial charge in [-0.25, -0.2) is 0 Å². The highest BCUT2D eigenvalue weighted by molar-refractivity contribution is 5.98. The standard InChI is InChI=1S/C11H14O/c12-10-6-5-9-4-3-8-2-1-7-11(8,9)10/h5-6,8-9H,1-4,7H2/t8-,9+,11+/m1/s1. The highest BCUT2D eigenvalue weighted by Gasteiger charge is 2.57. The van der Waals surface area contributed by atoms with Crippen molar-refractivity contribution in [1.29, 1.82) is 0 Å². The van der Waals surface area contributed by atoms with Gasteiger partial charge in [-0.3, -0.25) is 4.79 Å². The topological polar surface area (TPSA) is 17.1 Å². The molecule has 3 rings (SSSR count). The molecule has 3 atom stereocenters. The van der Waals surface area contributed by atoms with E-state index in [1.165, 1.54) is 32.1 Å². The maximum Gasteiger partial charge on any atom is 0.162 e. The maximum absolute atomic E-state index is 11.8. The van der Waals surface area contributed by atoms with Crippen LogP contribution in [0.1, 0.15) is 32.1 Å². The molecular formula is C11H14O. The SMILES string of the molecule is O=C1C=C[C@@H]2CC[C@H]3CCC[C@]132. The Balaban J connectivity index is 2.09. The Hall–Kier alpha value is -0.590. The van der Waals surface area contributed by atoms with Gasteiger partial charge in [-0.05, 0) is 43.6 Å². The van der Waals surface area contributed by atoms with Gasteiger partial charge in [-0.1, -0.05) is 12.5 Å². The van der Waals surface area contributed by atoms with Crippen molar-refractivity contribution in [2.75, 3.05) is 0 Å². The third kappa shape index (κ3) is 0.562. The minimum Gasteiger partial charge on any atom is -0.294 e. The average molecular weight is 162 g/mol. The molecule has 1 spiro atoms. The van der Waals surface area contributed by atoms with E-state index in [-0.39, 0.29) is 5.41 Å². The van der Waals surface area contributed by atoms with Crippen LogP contribution in [0.25, 0.3) is 0 Å². The minimum atomic E-state index is 0.125. The zero-order valence-corrected chi connectivity index (χ0v) is 7.25. The van der Waals surface area contributed by atoms with Crippen LogP contribution in [0.2, 0.25) is 0 Å². The van der Waals surface area contributed by atoms with Gasteiger partial charge in [0.1, 0.15) is 0 Å². The van der Waals surface area contributed by atoms with E-state index >= 15 is 0 Å². The molecule has 2 saturated carbocycles. The van der Waals surface area contributed by atoms with E-state index < -0.39 is 0 Å².